The number of ketones is 1. The maximum Gasteiger partial charge on any atom is 0.336 e. The van der Waals surface area contributed by atoms with E-state index in [1.807, 2.05) is 44.2 Å². The van der Waals surface area contributed by atoms with Gasteiger partial charge < -0.3 is 14.8 Å². The quantitative estimate of drug-likeness (QED) is 0.264. The molecule has 0 radical (unpaired) electrons. The number of allylic oxidation sites excluding steroid dienone is 3. The Kier molecular flexibility index (Phi) is 6.73. The molecule has 0 spiro atoms. The second-order valence-electron chi connectivity index (χ2n) is 9.58. The maximum atomic E-state index is 13.3. The Morgan fingerprint density at radius 3 is 2.57 bits per heavy atom. The number of hydrogen-bond donors (Lipinski definition) is 1. The predicted molar refractivity (Wildman–Crippen MR) is 130 cm³/mol. The Morgan fingerprint density at radius 2 is 1.86 bits per heavy atom. The van der Waals surface area contributed by atoms with Gasteiger partial charge in [-0.25, -0.2) is 4.79 Å². The number of nitrogens with one attached hydrogen (secondary N) is 1. The highest BCUT2D eigenvalue weighted by Crippen LogP contribution is 2.47. The number of dihydropyridines is 1. The first-order valence-electron chi connectivity index (χ1n) is 11.5. The van der Waals surface area contributed by atoms with Crippen LogP contribution in [0.2, 0.25) is 0 Å². The molecule has 0 unspecified atom stereocenters. The number of nitrogens with zero attached hydrogens (tertiary/aromatic N) is 1. The van der Waals surface area contributed by atoms with E-state index in [2.05, 4.69) is 5.32 Å². The van der Waals surface area contributed by atoms with Crippen LogP contribution in [0.25, 0.3) is 0 Å². The van der Waals surface area contributed by atoms with Crippen molar-refractivity contribution >= 4 is 17.4 Å². The molecule has 0 fully saturated rings. The van der Waals surface area contributed by atoms with Crippen molar-refractivity contribution in [3.63, 3.8) is 0 Å². The number of hydrogen-bond acceptors (Lipinski definition) is 7. The van der Waals surface area contributed by atoms with Crippen molar-refractivity contribution in [2.75, 3.05) is 13.2 Å². The van der Waals surface area contributed by atoms with Crippen LogP contribution >= 0.6 is 0 Å². The molecule has 35 heavy (non-hydrogen) atoms. The van der Waals surface area contributed by atoms with Gasteiger partial charge in [0.25, 0.3) is 5.69 Å². The van der Waals surface area contributed by atoms with Gasteiger partial charge in [-0.05, 0) is 36.5 Å². The highest BCUT2D eigenvalue weighted by molar-refractivity contribution is 6.04. The van der Waals surface area contributed by atoms with Gasteiger partial charge in [0.15, 0.2) is 5.78 Å². The Balaban J connectivity index is 1.64. The summed E-state index contributed by atoms with van der Waals surface area (Å²) in [6.07, 6.45) is 0.954. The first-order chi connectivity index (χ1) is 16.7. The van der Waals surface area contributed by atoms with Crippen molar-refractivity contribution < 1.29 is 24.0 Å². The second kappa shape index (κ2) is 9.74. The lowest BCUT2D eigenvalue weighted by molar-refractivity contribution is -0.384. The van der Waals surface area contributed by atoms with E-state index in [0.29, 0.717) is 35.4 Å². The number of nitro groups is 1. The summed E-state index contributed by atoms with van der Waals surface area (Å²) >= 11 is 0. The minimum Gasteiger partial charge on any atom is -0.490 e. The number of para-hydroxylation sites is 1. The predicted octanol–water partition coefficient (Wildman–Crippen LogP) is 4.82. The molecule has 4 rings (SSSR count). The van der Waals surface area contributed by atoms with Crippen molar-refractivity contribution in [2.45, 2.75) is 39.5 Å². The van der Waals surface area contributed by atoms with E-state index in [1.54, 1.807) is 19.1 Å². The lowest BCUT2D eigenvalue weighted by Gasteiger charge is -2.39. The number of esters is 1. The molecule has 0 bridgehead atoms. The monoisotopic (exact) mass is 476 g/mol. The average molecular weight is 477 g/mol. The zero-order chi connectivity index (χ0) is 25.2. The van der Waals surface area contributed by atoms with Crippen LogP contribution in [0, 0.1) is 15.5 Å². The summed E-state index contributed by atoms with van der Waals surface area (Å²) in [6, 6.07) is 15.3. The van der Waals surface area contributed by atoms with Gasteiger partial charge in [0, 0.05) is 41.4 Å². The van der Waals surface area contributed by atoms with E-state index in [4.69, 9.17) is 9.47 Å². The molecule has 182 valence electrons. The molecule has 1 heterocycles. The highest BCUT2D eigenvalue weighted by atomic mass is 16.6. The van der Waals surface area contributed by atoms with Crippen LogP contribution in [-0.4, -0.2) is 29.9 Å². The van der Waals surface area contributed by atoms with Crippen molar-refractivity contribution in [1.29, 1.82) is 0 Å². The van der Waals surface area contributed by atoms with E-state index in [9.17, 15) is 19.7 Å². The summed E-state index contributed by atoms with van der Waals surface area (Å²) in [5.74, 6) is -0.756. The molecule has 2 aliphatic rings. The molecular formula is C27H28N2O6. The summed E-state index contributed by atoms with van der Waals surface area (Å²) in [7, 11) is 0. The van der Waals surface area contributed by atoms with Gasteiger partial charge in [-0.3, -0.25) is 14.9 Å². The van der Waals surface area contributed by atoms with Crippen LogP contribution in [0.3, 0.4) is 0 Å². The first-order valence-corrected chi connectivity index (χ1v) is 11.5. The van der Waals surface area contributed by atoms with Crippen LogP contribution in [0.15, 0.2) is 77.1 Å². The number of carbonyl (C=O) groups excluding carboxylic acids is 2. The third kappa shape index (κ3) is 5.26. The fourth-order valence-corrected chi connectivity index (χ4v) is 4.75. The van der Waals surface area contributed by atoms with E-state index in [0.717, 1.165) is 5.70 Å². The van der Waals surface area contributed by atoms with E-state index < -0.39 is 16.8 Å². The Morgan fingerprint density at radius 1 is 1.11 bits per heavy atom. The van der Waals surface area contributed by atoms with Gasteiger partial charge in [-0.15, -0.1) is 0 Å². The SMILES string of the molecule is CC1=C(C(=O)OCCOc2ccccc2)[C@H](c2cccc([N+](=O)[O-])c2)C2=C(CC(C)(C)CC2=O)N1. The first kappa shape index (κ1) is 24.2. The van der Waals surface area contributed by atoms with E-state index in [1.165, 1.54) is 12.1 Å². The number of rotatable bonds is 7. The largest absolute Gasteiger partial charge is 0.490 e. The molecule has 0 saturated carbocycles. The molecule has 8 heteroatoms. The average Bonchev–Trinajstić information content (AvgIpc) is 2.80. The molecule has 2 aromatic rings. The van der Waals surface area contributed by atoms with Crippen LogP contribution < -0.4 is 10.1 Å². The van der Waals surface area contributed by atoms with Crippen LogP contribution in [-0.2, 0) is 14.3 Å². The molecule has 1 aliphatic heterocycles. The van der Waals surface area contributed by atoms with Crippen molar-refractivity contribution in [3.05, 3.63) is 92.8 Å². The molecule has 2 aromatic carbocycles. The van der Waals surface area contributed by atoms with Crippen LogP contribution in [0.5, 0.6) is 5.75 Å². The van der Waals surface area contributed by atoms with Crippen LogP contribution in [0.4, 0.5) is 5.69 Å². The summed E-state index contributed by atoms with van der Waals surface area (Å²) in [5.41, 5.74) is 2.24. The molecule has 1 atom stereocenters. The maximum absolute atomic E-state index is 13.3. The van der Waals surface area contributed by atoms with Crippen LogP contribution in [0.1, 0.15) is 45.1 Å². The number of ether oxygens (including phenoxy) is 2. The summed E-state index contributed by atoms with van der Waals surface area (Å²) in [5, 5.41) is 14.7. The topological polar surface area (TPSA) is 108 Å². The molecule has 0 aromatic heterocycles. The fourth-order valence-electron chi connectivity index (χ4n) is 4.75. The van der Waals surface area contributed by atoms with E-state index >= 15 is 0 Å². The normalized spacial score (nSPS) is 19.1. The summed E-state index contributed by atoms with van der Waals surface area (Å²) in [4.78, 5) is 37.6. The van der Waals surface area contributed by atoms with Crippen molar-refractivity contribution in [3.8, 4) is 5.75 Å². The number of non-ortho nitro benzene ring substituents is 1. The Labute approximate surface area is 203 Å². The summed E-state index contributed by atoms with van der Waals surface area (Å²) < 4.78 is 11.1. The molecule has 0 amide bonds. The molecule has 1 aliphatic carbocycles. The number of carbonyl (C=O) groups is 2. The van der Waals surface area contributed by atoms with E-state index in [-0.39, 0.29) is 35.7 Å². The minimum absolute atomic E-state index is 0.0129. The summed E-state index contributed by atoms with van der Waals surface area (Å²) in [6.45, 7) is 5.98. The number of nitro benzene ring substituents is 1. The van der Waals surface area contributed by atoms with Gasteiger partial charge in [-0.2, -0.15) is 0 Å². The van der Waals surface area contributed by atoms with Crippen molar-refractivity contribution in [1.82, 2.24) is 5.32 Å². The highest BCUT2D eigenvalue weighted by Gasteiger charge is 2.43. The standard InChI is InChI=1S/C27H28N2O6/c1-17-23(26(31)35-13-12-34-20-10-5-4-6-11-20)24(18-8-7-9-19(14-18)29(32)33)25-21(28-17)15-27(2,3)16-22(25)30/h4-11,14,24,28H,12-13,15-16H2,1-3H3/t24-/m0/s1. The number of benzene rings is 2. The van der Waals surface area contributed by atoms with Crippen molar-refractivity contribution in [2.24, 2.45) is 5.41 Å². The zero-order valence-electron chi connectivity index (χ0n) is 20.0. The second-order valence-corrected chi connectivity index (χ2v) is 9.58. The lowest BCUT2D eigenvalue weighted by Crippen LogP contribution is -2.38. The fraction of sp³-hybridized carbons (Fsp3) is 0.333. The zero-order valence-corrected chi connectivity index (χ0v) is 20.0. The van der Waals surface area contributed by atoms with Gasteiger partial charge >= 0.3 is 5.97 Å². The Hall–Kier alpha value is -3.94. The smallest absolute Gasteiger partial charge is 0.336 e. The van der Waals surface area contributed by atoms with Gasteiger partial charge in [0.05, 0.1) is 10.5 Å². The minimum atomic E-state index is -0.753. The van der Waals surface area contributed by atoms with Gasteiger partial charge in [-0.1, -0.05) is 44.2 Å². The van der Waals surface area contributed by atoms with Gasteiger partial charge in [0.1, 0.15) is 19.0 Å². The number of Topliss-reactive ketones (excluding diaryl/α,β-unsaturated/α-hetero) is 1. The molecule has 8 nitrogen and oxygen atoms in total. The van der Waals surface area contributed by atoms with Gasteiger partial charge in [0.2, 0.25) is 0 Å². The Bertz CT molecular complexity index is 1230. The lowest BCUT2D eigenvalue weighted by atomic mass is 9.68. The molecule has 0 saturated heterocycles. The molecule has 1 N–H and O–H groups in total. The molecular weight excluding hydrogens is 448 g/mol. The third-order valence-electron chi connectivity index (χ3n) is 6.20. The third-order valence-corrected chi connectivity index (χ3v) is 6.20.